The van der Waals surface area contributed by atoms with E-state index in [2.05, 4.69) is 22.7 Å². The van der Waals surface area contributed by atoms with Crippen LogP contribution in [-0.2, 0) is 6.54 Å². The van der Waals surface area contributed by atoms with E-state index in [-0.39, 0.29) is 28.8 Å². The van der Waals surface area contributed by atoms with Gasteiger partial charge in [-0.2, -0.15) is 0 Å². The number of primary amides is 1. The predicted molar refractivity (Wildman–Crippen MR) is 144 cm³/mol. The minimum atomic E-state index is -0.824. The van der Waals surface area contributed by atoms with Crippen LogP contribution in [-0.4, -0.2) is 51.7 Å². The Bertz CT molecular complexity index is 1260. The maximum atomic E-state index is 12.4. The lowest BCUT2D eigenvalue weighted by Crippen LogP contribution is -2.41. The molecule has 0 radical (unpaired) electrons. The lowest BCUT2D eigenvalue weighted by molar-refractivity contribution is 0.209. The van der Waals surface area contributed by atoms with Gasteiger partial charge >= 0.3 is 6.03 Å². The van der Waals surface area contributed by atoms with Gasteiger partial charge in [-0.15, -0.1) is 0 Å². The first-order chi connectivity index (χ1) is 17.2. The van der Waals surface area contributed by atoms with Crippen molar-refractivity contribution in [2.45, 2.75) is 52.0 Å². The van der Waals surface area contributed by atoms with Crippen molar-refractivity contribution in [1.29, 1.82) is 5.41 Å². The molecular weight excluding hydrogens is 454 g/mol. The third kappa shape index (κ3) is 5.33. The van der Waals surface area contributed by atoms with E-state index in [1.165, 1.54) is 44.5 Å². The van der Waals surface area contributed by atoms with Crippen molar-refractivity contribution >= 4 is 28.5 Å². The molecule has 4 rings (SSSR count). The number of aromatic nitrogens is 1. The van der Waals surface area contributed by atoms with Crippen LogP contribution in [0.2, 0.25) is 0 Å². The number of nitrogens with zero attached hydrogens (tertiary/aromatic N) is 3. The maximum Gasteiger partial charge on any atom is 0.325 e. The van der Waals surface area contributed by atoms with Gasteiger partial charge in [0.25, 0.3) is 0 Å². The number of carbonyl (C=O) groups is 1. The number of benzene rings is 2. The third-order valence-corrected chi connectivity index (χ3v) is 7.33. The number of fused-ring (bicyclic) bond motifs is 1. The number of piperidine rings is 1. The molecule has 1 aliphatic rings. The van der Waals surface area contributed by atoms with E-state index in [1.807, 2.05) is 32.0 Å². The Kier molecular flexibility index (Phi) is 7.54. The van der Waals surface area contributed by atoms with Gasteiger partial charge < -0.3 is 25.4 Å². The van der Waals surface area contributed by atoms with Crippen LogP contribution >= 0.6 is 0 Å². The molecule has 1 aromatic heterocycles. The number of aromatic hydroxyl groups is 2. The van der Waals surface area contributed by atoms with Crippen LogP contribution in [0, 0.1) is 11.3 Å². The van der Waals surface area contributed by atoms with E-state index in [9.17, 15) is 15.0 Å². The minimum absolute atomic E-state index is 0.0326. The molecule has 36 heavy (non-hydrogen) atoms. The topological polar surface area (TPSA) is 119 Å². The SMILES string of the molecule is CC(C)c1cc(C(=N)N(C(N)=O)c2ccc3c(ccn3CCCC3CCN(C)CC3)c2)c(O)cc1O. The molecule has 0 bridgehead atoms. The standard InChI is InChI=1S/C28H37N5O3/c1-18(2)22-16-23(26(35)17-25(22)34)27(29)33(28(30)36)21-6-7-24-20(15-21)10-14-32(24)11-4-5-19-8-12-31(3)13-9-19/h6-7,10,14-19,29,34-35H,4-5,8-9,11-13H2,1-3H3,(H2,30,36). The fourth-order valence-corrected chi connectivity index (χ4v) is 5.16. The molecule has 5 N–H and O–H groups in total. The zero-order valence-electron chi connectivity index (χ0n) is 21.4. The van der Waals surface area contributed by atoms with Gasteiger partial charge in [-0.3, -0.25) is 5.41 Å². The van der Waals surface area contributed by atoms with Gasteiger partial charge in [-0.05, 0) is 93.6 Å². The van der Waals surface area contributed by atoms with Gasteiger partial charge in [0.05, 0.1) is 11.3 Å². The average Bonchev–Trinajstić information content (AvgIpc) is 3.22. The first-order valence-corrected chi connectivity index (χ1v) is 12.7. The molecule has 2 amide bonds. The Morgan fingerprint density at radius 2 is 1.86 bits per heavy atom. The van der Waals surface area contributed by atoms with Crippen molar-refractivity contribution in [1.82, 2.24) is 9.47 Å². The number of amides is 2. The minimum Gasteiger partial charge on any atom is -0.508 e. The number of phenols is 2. The molecule has 192 valence electrons. The number of urea groups is 1. The van der Waals surface area contributed by atoms with E-state index < -0.39 is 6.03 Å². The molecule has 2 heterocycles. The normalized spacial score (nSPS) is 15.0. The number of likely N-dealkylation sites (tertiary alicyclic amines) is 1. The smallest absolute Gasteiger partial charge is 0.325 e. The van der Waals surface area contributed by atoms with E-state index >= 15 is 0 Å². The van der Waals surface area contributed by atoms with Crippen LogP contribution in [0.15, 0.2) is 42.6 Å². The number of phenolic OH excluding ortho intramolecular Hbond substituents is 2. The lowest BCUT2D eigenvalue weighted by Gasteiger charge is -2.28. The Morgan fingerprint density at radius 1 is 1.14 bits per heavy atom. The molecule has 0 unspecified atom stereocenters. The van der Waals surface area contributed by atoms with Crippen LogP contribution in [0.1, 0.15) is 56.6 Å². The average molecular weight is 492 g/mol. The summed E-state index contributed by atoms with van der Waals surface area (Å²) in [4.78, 5) is 15.9. The second-order valence-electron chi connectivity index (χ2n) is 10.2. The van der Waals surface area contributed by atoms with Crippen LogP contribution in [0.25, 0.3) is 10.9 Å². The highest BCUT2D eigenvalue weighted by molar-refractivity contribution is 6.22. The highest BCUT2D eigenvalue weighted by Gasteiger charge is 2.24. The number of rotatable bonds is 7. The number of hydrogen-bond acceptors (Lipinski definition) is 5. The summed E-state index contributed by atoms with van der Waals surface area (Å²) in [6, 6.07) is 9.47. The van der Waals surface area contributed by atoms with Gasteiger partial charge in [-0.1, -0.05) is 13.8 Å². The lowest BCUT2D eigenvalue weighted by atomic mass is 9.92. The highest BCUT2D eigenvalue weighted by atomic mass is 16.3. The fourth-order valence-electron chi connectivity index (χ4n) is 5.16. The van der Waals surface area contributed by atoms with Crippen molar-refractivity contribution in [3.05, 3.63) is 53.7 Å². The quantitative estimate of drug-likeness (QED) is 0.268. The van der Waals surface area contributed by atoms with Gasteiger partial charge in [0.2, 0.25) is 0 Å². The number of amidine groups is 1. The monoisotopic (exact) mass is 491 g/mol. The molecule has 0 atom stereocenters. The van der Waals surface area contributed by atoms with Crippen LogP contribution in [0.5, 0.6) is 11.5 Å². The molecule has 1 aliphatic heterocycles. The van der Waals surface area contributed by atoms with Crippen LogP contribution in [0.4, 0.5) is 10.5 Å². The molecule has 0 spiro atoms. The van der Waals surface area contributed by atoms with E-state index in [1.54, 1.807) is 6.07 Å². The van der Waals surface area contributed by atoms with Crippen LogP contribution in [0.3, 0.4) is 0 Å². The molecule has 1 fully saturated rings. The second-order valence-corrected chi connectivity index (χ2v) is 10.2. The van der Waals surface area contributed by atoms with E-state index in [0.29, 0.717) is 11.3 Å². The largest absolute Gasteiger partial charge is 0.508 e. The number of aryl methyl sites for hydroxylation is 1. The van der Waals surface area contributed by atoms with Crippen molar-refractivity contribution in [3.8, 4) is 11.5 Å². The first kappa shape index (κ1) is 25.6. The summed E-state index contributed by atoms with van der Waals surface area (Å²) >= 11 is 0. The molecule has 1 saturated heterocycles. The molecule has 0 saturated carbocycles. The van der Waals surface area contributed by atoms with Gasteiger partial charge in [0.1, 0.15) is 17.3 Å². The summed E-state index contributed by atoms with van der Waals surface area (Å²) in [7, 11) is 2.19. The van der Waals surface area contributed by atoms with Crippen molar-refractivity contribution in [2.75, 3.05) is 25.0 Å². The van der Waals surface area contributed by atoms with E-state index in [0.717, 1.165) is 34.7 Å². The third-order valence-electron chi connectivity index (χ3n) is 7.33. The fraction of sp³-hybridized carbons (Fsp3) is 0.429. The molecular formula is C28H37N5O3. The van der Waals surface area contributed by atoms with Gasteiger partial charge in [0.15, 0.2) is 0 Å². The first-order valence-electron chi connectivity index (χ1n) is 12.7. The van der Waals surface area contributed by atoms with Crippen molar-refractivity contribution < 1.29 is 15.0 Å². The predicted octanol–water partition coefficient (Wildman–Crippen LogP) is 5.21. The summed E-state index contributed by atoms with van der Waals surface area (Å²) < 4.78 is 2.23. The number of anilines is 1. The Labute approximate surface area is 212 Å². The van der Waals surface area contributed by atoms with Gasteiger partial charge in [0, 0.05) is 29.7 Å². The zero-order valence-corrected chi connectivity index (χ0v) is 21.4. The van der Waals surface area contributed by atoms with Crippen molar-refractivity contribution in [3.63, 3.8) is 0 Å². The van der Waals surface area contributed by atoms with Gasteiger partial charge in [-0.25, -0.2) is 9.69 Å². The number of carbonyl (C=O) groups excluding carboxylic acids is 1. The number of nitrogens with one attached hydrogen (secondary N) is 1. The number of nitrogens with two attached hydrogens (primary N) is 1. The zero-order chi connectivity index (χ0) is 26.0. The summed E-state index contributed by atoms with van der Waals surface area (Å²) in [5, 5.41) is 30.2. The Balaban J connectivity index is 1.53. The maximum absolute atomic E-state index is 12.4. The summed E-state index contributed by atoms with van der Waals surface area (Å²) in [5.74, 6) is 0.180. The highest BCUT2D eigenvalue weighted by Crippen LogP contribution is 2.34. The Hall–Kier alpha value is -3.52. The summed E-state index contributed by atoms with van der Waals surface area (Å²) in [6.45, 7) is 7.11. The molecule has 0 aliphatic carbocycles. The summed E-state index contributed by atoms with van der Waals surface area (Å²) in [6.07, 6.45) is 6.96. The molecule has 8 nitrogen and oxygen atoms in total. The second kappa shape index (κ2) is 10.6. The molecule has 2 aromatic carbocycles. The van der Waals surface area contributed by atoms with Crippen LogP contribution < -0.4 is 10.6 Å². The van der Waals surface area contributed by atoms with E-state index in [4.69, 9.17) is 11.1 Å². The number of hydrogen-bond donors (Lipinski definition) is 4. The Morgan fingerprint density at radius 3 is 2.53 bits per heavy atom. The summed E-state index contributed by atoms with van der Waals surface area (Å²) in [5.41, 5.74) is 7.90. The molecule has 3 aromatic rings. The molecule has 8 heteroatoms. The van der Waals surface area contributed by atoms with Crippen molar-refractivity contribution in [2.24, 2.45) is 11.7 Å².